The number of amides is 1. The van der Waals surface area contributed by atoms with Gasteiger partial charge in [0.15, 0.2) is 0 Å². The van der Waals surface area contributed by atoms with E-state index in [0.717, 1.165) is 42.1 Å². The molecular weight excluding hydrogens is 364 g/mol. The van der Waals surface area contributed by atoms with E-state index in [9.17, 15) is 4.79 Å². The third-order valence-electron chi connectivity index (χ3n) is 5.40. The monoisotopic (exact) mass is 394 g/mol. The number of aryl methyl sites for hydroxylation is 2. The lowest BCUT2D eigenvalue weighted by Crippen LogP contribution is -2.24. The van der Waals surface area contributed by atoms with E-state index in [-0.39, 0.29) is 5.91 Å². The number of fused-ring (bicyclic) bond motifs is 1. The Balaban J connectivity index is 1.51. The fourth-order valence-electron chi connectivity index (χ4n) is 3.51. The highest BCUT2D eigenvalue weighted by molar-refractivity contribution is 5.76. The number of hydrogen-bond acceptors (Lipinski definition) is 5. The molecule has 2 heterocycles. The number of aromatic nitrogens is 4. The molecule has 29 heavy (non-hydrogen) atoms. The minimum atomic E-state index is 0.0368. The highest BCUT2D eigenvalue weighted by Gasteiger charge is 2.12. The van der Waals surface area contributed by atoms with Gasteiger partial charge in [-0.15, -0.1) is 0 Å². The van der Waals surface area contributed by atoms with Crippen molar-refractivity contribution in [3.05, 3.63) is 58.7 Å². The van der Waals surface area contributed by atoms with Gasteiger partial charge < -0.3 is 5.32 Å². The standard InChI is InChI=1S/C22H30N6O/c1-5-27(6-2)14-19-9-7-18(8-10-19)13-23-21(29)12-11-20-16(3)26-22-24-15-25-28(22)17(20)4/h7-10,15H,5-6,11-14H2,1-4H3,(H,23,29). The predicted octanol–water partition coefficient (Wildman–Crippen LogP) is 2.83. The second kappa shape index (κ2) is 9.60. The van der Waals surface area contributed by atoms with Crippen LogP contribution in [-0.4, -0.2) is 43.5 Å². The Morgan fingerprint density at radius 2 is 1.79 bits per heavy atom. The SMILES string of the molecule is CCN(CC)Cc1ccc(CNC(=O)CCc2c(C)nc3ncnn3c2C)cc1. The normalized spacial score (nSPS) is 11.3. The van der Waals surface area contributed by atoms with E-state index in [0.29, 0.717) is 25.2 Å². The lowest BCUT2D eigenvalue weighted by molar-refractivity contribution is -0.121. The summed E-state index contributed by atoms with van der Waals surface area (Å²) in [6, 6.07) is 8.48. The quantitative estimate of drug-likeness (QED) is 0.604. The maximum absolute atomic E-state index is 12.3. The van der Waals surface area contributed by atoms with E-state index in [1.807, 2.05) is 13.8 Å². The smallest absolute Gasteiger partial charge is 0.252 e. The van der Waals surface area contributed by atoms with Gasteiger partial charge >= 0.3 is 0 Å². The van der Waals surface area contributed by atoms with Crippen molar-refractivity contribution in [3.8, 4) is 0 Å². The van der Waals surface area contributed by atoms with Crippen LogP contribution in [0.4, 0.5) is 0 Å². The molecule has 0 aliphatic carbocycles. The minimum Gasteiger partial charge on any atom is -0.352 e. The zero-order chi connectivity index (χ0) is 20.8. The molecule has 3 rings (SSSR count). The van der Waals surface area contributed by atoms with Crippen molar-refractivity contribution in [1.29, 1.82) is 0 Å². The largest absolute Gasteiger partial charge is 0.352 e. The van der Waals surface area contributed by atoms with Gasteiger partial charge in [0.2, 0.25) is 5.91 Å². The van der Waals surface area contributed by atoms with Crippen LogP contribution in [0.5, 0.6) is 0 Å². The fourth-order valence-corrected chi connectivity index (χ4v) is 3.51. The lowest BCUT2D eigenvalue weighted by Gasteiger charge is -2.18. The second-order valence-electron chi connectivity index (χ2n) is 7.29. The van der Waals surface area contributed by atoms with Gasteiger partial charge in [0.05, 0.1) is 0 Å². The Bertz CT molecular complexity index is 959. The molecule has 0 aliphatic rings. The molecule has 1 N–H and O–H groups in total. The van der Waals surface area contributed by atoms with Crippen LogP contribution >= 0.6 is 0 Å². The molecule has 0 aliphatic heterocycles. The molecule has 0 bridgehead atoms. The number of carbonyl (C=O) groups is 1. The van der Waals surface area contributed by atoms with Crippen LogP contribution in [0.25, 0.3) is 5.78 Å². The molecule has 1 amide bonds. The summed E-state index contributed by atoms with van der Waals surface area (Å²) < 4.78 is 1.72. The molecule has 0 fully saturated rings. The highest BCUT2D eigenvalue weighted by Crippen LogP contribution is 2.15. The summed E-state index contributed by atoms with van der Waals surface area (Å²) in [6.07, 6.45) is 2.55. The van der Waals surface area contributed by atoms with Crippen LogP contribution in [0.15, 0.2) is 30.6 Å². The first-order valence-electron chi connectivity index (χ1n) is 10.2. The Morgan fingerprint density at radius 3 is 2.48 bits per heavy atom. The Hall–Kier alpha value is -2.80. The van der Waals surface area contributed by atoms with Crippen molar-refractivity contribution >= 4 is 11.7 Å². The molecule has 0 saturated carbocycles. The maximum Gasteiger partial charge on any atom is 0.252 e. The topological polar surface area (TPSA) is 75.4 Å². The number of benzene rings is 1. The van der Waals surface area contributed by atoms with E-state index in [4.69, 9.17) is 0 Å². The molecule has 0 unspecified atom stereocenters. The number of hydrogen-bond donors (Lipinski definition) is 1. The van der Waals surface area contributed by atoms with E-state index in [2.05, 4.69) is 63.4 Å². The van der Waals surface area contributed by atoms with Gasteiger partial charge in [-0.25, -0.2) is 9.50 Å². The molecule has 0 spiro atoms. The Morgan fingerprint density at radius 1 is 1.10 bits per heavy atom. The highest BCUT2D eigenvalue weighted by atomic mass is 16.1. The molecular formula is C22H30N6O. The van der Waals surface area contributed by atoms with Crippen molar-refractivity contribution in [2.75, 3.05) is 13.1 Å². The molecule has 1 aromatic carbocycles. The van der Waals surface area contributed by atoms with E-state index in [1.165, 1.54) is 11.9 Å². The Labute approximate surface area is 172 Å². The van der Waals surface area contributed by atoms with Crippen LogP contribution in [0.2, 0.25) is 0 Å². The van der Waals surface area contributed by atoms with Crippen LogP contribution in [0, 0.1) is 13.8 Å². The van der Waals surface area contributed by atoms with E-state index < -0.39 is 0 Å². The number of nitrogens with one attached hydrogen (secondary N) is 1. The predicted molar refractivity (Wildman–Crippen MR) is 113 cm³/mol. The number of nitrogens with zero attached hydrogens (tertiary/aromatic N) is 5. The third kappa shape index (κ3) is 5.17. The zero-order valence-electron chi connectivity index (χ0n) is 17.8. The molecule has 2 aromatic heterocycles. The van der Waals surface area contributed by atoms with Crippen LogP contribution in [0.1, 0.15) is 48.3 Å². The van der Waals surface area contributed by atoms with Crippen molar-refractivity contribution in [2.24, 2.45) is 0 Å². The van der Waals surface area contributed by atoms with Crippen LogP contribution in [0.3, 0.4) is 0 Å². The average Bonchev–Trinajstić information content (AvgIpc) is 3.19. The van der Waals surface area contributed by atoms with Gasteiger partial charge in [-0.05, 0) is 50.0 Å². The van der Waals surface area contributed by atoms with Crippen molar-refractivity contribution < 1.29 is 4.79 Å². The summed E-state index contributed by atoms with van der Waals surface area (Å²) in [5.74, 6) is 0.632. The van der Waals surface area contributed by atoms with Gasteiger partial charge in [0, 0.05) is 30.9 Å². The summed E-state index contributed by atoms with van der Waals surface area (Å²) in [6.45, 7) is 11.9. The van der Waals surface area contributed by atoms with E-state index >= 15 is 0 Å². The van der Waals surface area contributed by atoms with Crippen molar-refractivity contribution in [2.45, 2.75) is 53.6 Å². The van der Waals surface area contributed by atoms with Crippen molar-refractivity contribution in [1.82, 2.24) is 29.8 Å². The fraction of sp³-hybridized carbons (Fsp3) is 0.455. The summed E-state index contributed by atoms with van der Waals surface area (Å²) in [5, 5.41) is 7.22. The Kier molecular flexibility index (Phi) is 6.93. The average molecular weight is 395 g/mol. The van der Waals surface area contributed by atoms with Gasteiger partial charge in [-0.3, -0.25) is 9.69 Å². The van der Waals surface area contributed by atoms with E-state index in [1.54, 1.807) is 4.52 Å². The maximum atomic E-state index is 12.3. The zero-order valence-corrected chi connectivity index (χ0v) is 17.8. The summed E-state index contributed by atoms with van der Waals surface area (Å²) in [7, 11) is 0. The van der Waals surface area contributed by atoms with Gasteiger partial charge in [-0.2, -0.15) is 10.1 Å². The van der Waals surface area contributed by atoms with Crippen LogP contribution < -0.4 is 5.32 Å². The third-order valence-corrected chi connectivity index (χ3v) is 5.40. The lowest BCUT2D eigenvalue weighted by atomic mass is 10.1. The first-order valence-corrected chi connectivity index (χ1v) is 10.2. The molecule has 3 aromatic rings. The first kappa shape index (κ1) is 20.9. The summed E-state index contributed by atoms with van der Waals surface area (Å²) in [5.41, 5.74) is 5.35. The molecule has 0 atom stereocenters. The molecule has 154 valence electrons. The van der Waals surface area contributed by atoms with Crippen LogP contribution in [-0.2, 0) is 24.3 Å². The van der Waals surface area contributed by atoms with Gasteiger partial charge in [0.25, 0.3) is 5.78 Å². The minimum absolute atomic E-state index is 0.0368. The first-order chi connectivity index (χ1) is 14.0. The number of carbonyl (C=O) groups excluding carboxylic acids is 1. The summed E-state index contributed by atoms with van der Waals surface area (Å²) >= 11 is 0. The van der Waals surface area contributed by atoms with Crippen molar-refractivity contribution in [3.63, 3.8) is 0 Å². The van der Waals surface area contributed by atoms with Gasteiger partial charge in [-0.1, -0.05) is 38.1 Å². The van der Waals surface area contributed by atoms with Gasteiger partial charge in [0.1, 0.15) is 6.33 Å². The molecule has 7 heteroatoms. The second-order valence-corrected chi connectivity index (χ2v) is 7.29. The summed E-state index contributed by atoms with van der Waals surface area (Å²) in [4.78, 5) is 23.3. The number of rotatable bonds is 9. The molecule has 7 nitrogen and oxygen atoms in total. The molecule has 0 saturated heterocycles. The molecule has 0 radical (unpaired) electrons.